The normalized spacial score (nSPS) is 21.1. The lowest BCUT2D eigenvalue weighted by atomic mass is 9.94. The number of aliphatic hydroxyl groups excluding tert-OH is 1. The Bertz CT molecular complexity index is 1260. The minimum absolute atomic E-state index is 0.0559. The summed E-state index contributed by atoms with van der Waals surface area (Å²) in [6, 6.07) is 20.7. The maximum Gasteiger partial charge on any atom is 0.300 e. The molecule has 166 valence electrons. The standard InChI is InChI=1S/C27H23NO5/c1-16-14-19-15-18(10-13-22(19)33-16)25(29)23-24(17-8-11-21(32-2)12-9-17)28(27(31)26(23)30)20-6-4-3-5-7-20/h3-13,15-16,24,29H,14H2,1-2H3/b25-23-. The smallest absolute Gasteiger partial charge is 0.300 e. The molecule has 1 fully saturated rings. The van der Waals surface area contributed by atoms with Crippen LogP contribution in [0.25, 0.3) is 5.76 Å². The van der Waals surface area contributed by atoms with E-state index in [1.54, 1.807) is 67.8 Å². The van der Waals surface area contributed by atoms with Crippen LogP contribution in [0, 0.1) is 0 Å². The third-order valence-corrected chi connectivity index (χ3v) is 6.08. The third kappa shape index (κ3) is 3.53. The first kappa shape index (κ1) is 20.8. The number of aliphatic hydroxyl groups is 1. The van der Waals surface area contributed by atoms with Crippen molar-refractivity contribution in [1.82, 2.24) is 0 Å². The van der Waals surface area contributed by atoms with Crippen LogP contribution >= 0.6 is 0 Å². The van der Waals surface area contributed by atoms with Crippen molar-refractivity contribution in [3.63, 3.8) is 0 Å². The summed E-state index contributed by atoms with van der Waals surface area (Å²) in [6.45, 7) is 1.98. The molecule has 2 aliphatic rings. The Hall–Kier alpha value is -4.06. The maximum absolute atomic E-state index is 13.2. The summed E-state index contributed by atoms with van der Waals surface area (Å²) < 4.78 is 11.0. The van der Waals surface area contributed by atoms with E-state index in [1.807, 2.05) is 19.1 Å². The summed E-state index contributed by atoms with van der Waals surface area (Å²) in [4.78, 5) is 27.9. The Morgan fingerprint density at radius 1 is 1.03 bits per heavy atom. The van der Waals surface area contributed by atoms with Crippen molar-refractivity contribution in [2.75, 3.05) is 12.0 Å². The second-order valence-corrected chi connectivity index (χ2v) is 8.23. The summed E-state index contributed by atoms with van der Waals surface area (Å²) in [5.74, 6) is -0.169. The van der Waals surface area contributed by atoms with Gasteiger partial charge in [0.1, 0.15) is 23.4 Å². The molecular weight excluding hydrogens is 418 g/mol. The fraction of sp³-hybridized carbons (Fsp3) is 0.185. The second-order valence-electron chi connectivity index (χ2n) is 8.23. The zero-order valence-corrected chi connectivity index (χ0v) is 18.3. The van der Waals surface area contributed by atoms with Crippen LogP contribution in [0.4, 0.5) is 5.69 Å². The van der Waals surface area contributed by atoms with E-state index in [0.717, 1.165) is 17.7 Å². The van der Waals surface area contributed by atoms with Crippen molar-refractivity contribution in [1.29, 1.82) is 0 Å². The molecule has 1 saturated heterocycles. The van der Waals surface area contributed by atoms with Crippen molar-refractivity contribution in [2.45, 2.75) is 25.5 Å². The van der Waals surface area contributed by atoms with Gasteiger partial charge in [-0.15, -0.1) is 0 Å². The van der Waals surface area contributed by atoms with Gasteiger partial charge < -0.3 is 14.6 Å². The molecule has 2 aliphatic heterocycles. The second kappa shape index (κ2) is 8.13. The number of nitrogens with zero attached hydrogens (tertiary/aromatic N) is 1. The van der Waals surface area contributed by atoms with Gasteiger partial charge in [0, 0.05) is 17.7 Å². The number of fused-ring (bicyclic) bond motifs is 1. The van der Waals surface area contributed by atoms with Gasteiger partial charge in [0.25, 0.3) is 11.7 Å². The van der Waals surface area contributed by atoms with Crippen molar-refractivity contribution in [3.8, 4) is 11.5 Å². The van der Waals surface area contributed by atoms with Gasteiger partial charge in [0.05, 0.1) is 18.7 Å². The van der Waals surface area contributed by atoms with E-state index in [9.17, 15) is 14.7 Å². The highest BCUT2D eigenvalue weighted by molar-refractivity contribution is 6.51. The van der Waals surface area contributed by atoms with E-state index in [1.165, 1.54) is 4.90 Å². The van der Waals surface area contributed by atoms with Crippen molar-refractivity contribution < 1.29 is 24.2 Å². The zero-order valence-electron chi connectivity index (χ0n) is 18.3. The number of hydrogen-bond acceptors (Lipinski definition) is 5. The highest BCUT2D eigenvalue weighted by Crippen LogP contribution is 2.43. The predicted octanol–water partition coefficient (Wildman–Crippen LogP) is 4.64. The molecule has 2 unspecified atom stereocenters. The molecule has 2 heterocycles. The molecule has 3 aromatic carbocycles. The molecule has 1 N–H and O–H groups in total. The first-order chi connectivity index (χ1) is 16.0. The molecule has 0 aromatic heterocycles. The number of para-hydroxylation sites is 1. The third-order valence-electron chi connectivity index (χ3n) is 6.08. The van der Waals surface area contributed by atoms with Crippen LogP contribution in [0.2, 0.25) is 0 Å². The summed E-state index contributed by atoms with van der Waals surface area (Å²) in [5, 5.41) is 11.3. The van der Waals surface area contributed by atoms with E-state index in [2.05, 4.69) is 0 Å². The minimum atomic E-state index is -0.776. The molecule has 0 spiro atoms. The average molecular weight is 441 g/mol. The molecule has 5 rings (SSSR count). The van der Waals surface area contributed by atoms with Crippen LogP contribution in [0.1, 0.15) is 29.7 Å². The van der Waals surface area contributed by atoms with Gasteiger partial charge in [-0.05, 0) is 60.5 Å². The number of ether oxygens (including phenoxy) is 2. The van der Waals surface area contributed by atoms with Gasteiger partial charge in [0.15, 0.2) is 0 Å². The summed E-state index contributed by atoms with van der Waals surface area (Å²) in [5.41, 5.74) is 2.77. The molecule has 33 heavy (non-hydrogen) atoms. The molecule has 0 bridgehead atoms. The summed E-state index contributed by atoms with van der Waals surface area (Å²) in [6.07, 6.45) is 0.775. The molecule has 0 radical (unpaired) electrons. The highest BCUT2D eigenvalue weighted by atomic mass is 16.5. The van der Waals surface area contributed by atoms with E-state index in [-0.39, 0.29) is 17.4 Å². The van der Waals surface area contributed by atoms with Crippen LogP contribution in [0.15, 0.2) is 78.4 Å². The number of hydrogen-bond donors (Lipinski definition) is 1. The first-order valence-corrected chi connectivity index (χ1v) is 10.8. The molecule has 6 heteroatoms. The Balaban J connectivity index is 1.67. The Morgan fingerprint density at radius 3 is 2.45 bits per heavy atom. The lowest BCUT2D eigenvalue weighted by Gasteiger charge is -2.25. The van der Waals surface area contributed by atoms with Gasteiger partial charge >= 0.3 is 0 Å². The van der Waals surface area contributed by atoms with Gasteiger partial charge in [-0.3, -0.25) is 14.5 Å². The number of benzene rings is 3. The molecule has 2 atom stereocenters. The average Bonchev–Trinajstić information content (AvgIpc) is 3.34. The predicted molar refractivity (Wildman–Crippen MR) is 124 cm³/mol. The number of amides is 1. The van der Waals surface area contributed by atoms with Crippen LogP contribution < -0.4 is 14.4 Å². The van der Waals surface area contributed by atoms with Gasteiger partial charge in [-0.25, -0.2) is 0 Å². The molecule has 0 saturated carbocycles. The number of ketones is 1. The van der Waals surface area contributed by atoms with Crippen LogP contribution in [-0.2, 0) is 16.0 Å². The monoisotopic (exact) mass is 441 g/mol. The number of methoxy groups -OCH3 is 1. The Labute approximate surface area is 191 Å². The molecule has 0 aliphatic carbocycles. The largest absolute Gasteiger partial charge is 0.507 e. The van der Waals surface area contributed by atoms with Crippen molar-refractivity contribution in [3.05, 3.63) is 95.1 Å². The van der Waals surface area contributed by atoms with Gasteiger partial charge in [-0.2, -0.15) is 0 Å². The Morgan fingerprint density at radius 2 is 1.76 bits per heavy atom. The molecule has 3 aromatic rings. The number of rotatable bonds is 4. The fourth-order valence-corrected chi connectivity index (χ4v) is 4.51. The quantitative estimate of drug-likeness (QED) is 0.363. The van der Waals surface area contributed by atoms with E-state index >= 15 is 0 Å². The number of carbonyl (C=O) groups is 2. The van der Waals surface area contributed by atoms with E-state index in [0.29, 0.717) is 22.6 Å². The highest BCUT2D eigenvalue weighted by Gasteiger charge is 2.47. The topological polar surface area (TPSA) is 76.1 Å². The van der Waals surface area contributed by atoms with E-state index in [4.69, 9.17) is 9.47 Å². The maximum atomic E-state index is 13.2. The lowest BCUT2D eigenvalue weighted by Crippen LogP contribution is -2.29. The van der Waals surface area contributed by atoms with Gasteiger partial charge in [-0.1, -0.05) is 30.3 Å². The molecular formula is C27H23NO5. The minimum Gasteiger partial charge on any atom is -0.507 e. The van der Waals surface area contributed by atoms with E-state index < -0.39 is 17.7 Å². The zero-order chi connectivity index (χ0) is 23.1. The SMILES string of the molecule is COc1ccc(C2/C(=C(/O)c3ccc4c(c3)CC(C)O4)C(=O)C(=O)N2c2ccccc2)cc1. The van der Waals surface area contributed by atoms with Gasteiger partial charge in [0.2, 0.25) is 0 Å². The van der Waals surface area contributed by atoms with Crippen molar-refractivity contribution in [2.24, 2.45) is 0 Å². The summed E-state index contributed by atoms with van der Waals surface area (Å²) >= 11 is 0. The number of Topliss-reactive ketones (excluding diaryl/α,β-unsaturated/α-hetero) is 1. The number of anilines is 1. The fourth-order valence-electron chi connectivity index (χ4n) is 4.51. The molecule has 6 nitrogen and oxygen atoms in total. The number of carbonyl (C=O) groups excluding carboxylic acids is 2. The Kier molecular flexibility index (Phi) is 5.13. The van der Waals surface area contributed by atoms with Crippen LogP contribution in [0.3, 0.4) is 0 Å². The van der Waals surface area contributed by atoms with Crippen LogP contribution in [-0.4, -0.2) is 30.0 Å². The van der Waals surface area contributed by atoms with Crippen molar-refractivity contribution >= 4 is 23.1 Å². The van der Waals surface area contributed by atoms with Crippen LogP contribution in [0.5, 0.6) is 11.5 Å². The first-order valence-electron chi connectivity index (χ1n) is 10.8. The lowest BCUT2D eigenvalue weighted by molar-refractivity contribution is -0.132. The summed E-state index contributed by atoms with van der Waals surface area (Å²) in [7, 11) is 1.57. The molecule has 1 amide bonds.